The molecule has 0 fully saturated rings. The number of anilines is 1. The fourth-order valence-electron chi connectivity index (χ4n) is 3.21. The van der Waals surface area contributed by atoms with E-state index in [0.29, 0.717) is 32.5 Å². The molecule has 1 aromatic heterocycles. The van der Waals surface area contributed by atoms with Crippen LogP contribution in [0.2, 0.25) is 10.0 Å². The number of nitrogens with zero attached hydrogens (tertiary/aromatic N) is 3. The van der Waals surface area contributed by atoms with Crippen LogP contribution >= 0.6 is 35.0 Å². The first kappa shape index (κ1) is 23.2. The van der Waals surface area contributed by atoms with Crippen molar-refractivity contribution < 1.29 is 9.53 Å². The Balaban J connectivity index is 1.64. The zero-order chi connectivity index (χ0) is 23.4. The highest BCUT2D eigenvalue weighted by Crippen LogP contribution is 2.34. The Morgan fingerprint density at radius 3 is 2.55 bits per heavy atom. The van der Waals surface area contributed by atoms with Crippen LogP contribution in [0.1, 0.15) is 5.56 Å². The SMILES string of the molecule is COc1ccccc1-c1nnc(SCC(=O)Nc2cccc(Cl)c2Cl)n1-c1ccc(C)cc1. The summed E-state index contributed by atoms with van der Waals surface area (Å²) in [5.41, 5.74) is 3.28. The number of amides is 1. The molecule has 0 radical (unpaired) electrons. The van der Waals surface area contributed by atoms with Gasteiger partial charge in [0.05, 0.1) is 34.2 Å². The molecule has 0 aliphatic heterocycles. The molecule has 0 aliphatic rings. The monoisotopic (exact) mass is 498 g/mol. The fourth-order valence-corrected chi connectivity index (χ4v) is 4.31. The third kappa shape index (κ3) is 5.16. The maximum atomic E-state index is 12.6. The number of methoxy groups -OCH3 is 1. The van der Waals surface area contributed by atoms with E-state index in [1.54, 1.807) is 25.3 Å². The van der Waals surface area contributed by atoms with Gasteiger partial charge < -0.3 is 10.1 Å². The summed E-state index contributed by atoms with van der Waals surface area (Å²) in [5.74, 6) is 1.18. The lowest BCUT2D eigenvalue weighted by molar-refractivity contribution is -0.113. The number of ether oxygens (including phenoxy) is 1. The van der Waals surface area contributed by atoms with Crippen LogP contribution in [0, 0.1) is 6.92 Å². The molecule has 4 aromatic rings. The van der Waals surface area contributed by atoms with Gasteiger partial charge in [0.2, 0.25) is 5.91 Å². The number of carbonyl (C=O) groups is 1. The lowest BCUT2D eigenvalue weighted by Crippen LogP contribution is -2.15. The summed E-state index contributed by atoms with van der Waals surface area (Å²) < 4.78 is 7.45. The highest BCUT2D eigenvalue weighted by molar-refractivity contribution is 7.99. The molecule has 0 saturated heterocycles. The lowest BCUT2D eigenvalue weighted by atomic mass is 10.1. The molecule has 9 heteroatoms. The zero-order valence-corrected chi connectivity index (χ0v) is 20.2. The van der Waals surface area contributed by atoms with Gasteiger partial charge in [0, 0.05) is 5.69 Å². The molecule has 0 spiro atoms. The van der Waals surface area contributed by atoms with E-state index in [1.807, 2.05) is 60.0 Å². The lowest BCUT2D eigenvalue weighted by Gasteiger charge is -2.13. The minimum atomic E-state index is -0.235. The molecule has 3 aromatic carbocycles. The number of nitrogens with one attached hydrogen (secondary N) is 1. The normalized spacial score (nSPS) is 10.8. The van der Waals surface area contributed by atoms with E-state index in [-0.39, 0.29) is 11.7 Å². The number of hydrogen-bond acceptors (Lipinski definition) is 5. The van der Waals surface area contributed by atoms with Crippen LogP contribution in [0.5, 0.6) is 5.75 Å². The smallest absolute Gasteiger partial charge is 0.234 e. The Hall–Kier alpha value is -3.00. The van der Waals surface area contributed by atoms with Crippen LogP contribution in [0.4, 0.5) is 5.69 Å². The van der Waals surface area contributed by atoms with Crippen molar-refractivity contribution in [2.24, 2.45) is 0 Å². The number of aromatic nitrogens is 3. The number of rotatable bonds is 7. The Labute approximate surface area is 205 Å². The fraction of sp³-hybridized carbons (Fsp3) is 0.125. The van der Waals surface area contributed by atoms with E-state index < -0.39 is 0 Å². The van der Waals surface area contributed by atoms with E-state index in [0.717, 1.165) is 16.8 Å². The van der Waals surface area contributed by atoms with Gasteiger partial charge in [0.1, 0.15) is 5.75 Å². The molecule has 4 rings (SSSR count). The number of thioether (sulfide) groups is 1. The Kier molecular flexibility index (Phi) is 7.23. The van der Waals surface area contributed by atoms with Crippen molar-refractivity contribution in [1.82, 2.24) is 14.8 Å². The summed E-state index contributed by atoms with van der Waals surface area (Å²) in [5, 5.41) is 12.8. The summed E-state index contributed by atoms with van der Waals surface area (Å²) in [4.78, 5) is 12.6. The molecule has 0 bridgehead atoms. The molecule has 33 heavy (non-hydrogen) atoms. The van der Waals surface area contributed by atoms with Gasteiger partial charge in [-0.2, -0.15) is 0 Å². The maximum absolute atomic E-state index is 12.6. The average Bonchev–Trinajstić information content (AvgIpc) is 3.25. The van der Waals surface area contributed by atoms with Crippen LogP contribution < -0.4 is 10.1 Å². The largest absolute Gasteiger partial charge is 0.496 e. The Morgan fingerprint density at radius 1 is 1.03 bits per heavy atom. The molecule has 168 valence electrons. The van der Waals surface area contributed by atoms with Gasteiger partial charge in [-0.15, -0.1) is 10.2 Å². The van der Waals surface area contributed by atoms with Crippen LogP contribution in [0.15, 0.2) is 71.9 Å². The summed E-state index contributed by atoms with van der Waals surface area (Å²) in [6, 6.07) is 20.7. The van der Waals surface area contributed by atoms with Crippen LogP contribution in [-0.4, -0.2) is 33.5 Å². The van der Waals surface area contributed by atoms with E-state index in [2.05, 4.69) is 15.5 Å². The highest BCUT2D eigenvalue weighted by atomic mass is 35.5. The molecule has 0 atom stereocenters. The molecule has 0 aliphatic carbocycles. The Bertz CT molecular complexity index is 1290. The van der Waals surface area contributed by atoms with Crippen molar-refractivity contribution in [2.75, 3.05) is 18.2 Å². The number of para-hydroxylation sites is 1. The molecule has 1 amide bonds. The molecule has 6 nitrogen and oxygen atoms in total. The molecular formula is C24H20Cl2N4O2S. The number of benzene rings is 3. The van der Waals surface area contributed by atoms with E-state index in [9.17, 15) is 4.79 Å². The first-order valence-electron chi connectivity index (χ1n) is 10.0. The van der Waals surface area contributed by atoms with E-state index >= 15 is 0 Å². The quantitative estimate of drug-likeness (QED) is 0.303. The summed E-state index contributed by atoms with van der Waals surface area (Å²) in [6.07, 6.45) is 0. The van der Waals surface area contributed by atoms with Gasteiger partial charge in [0.15, 0.2) is 11.0 Å². The summed E-state index contributed by atoms with van der Waals surface area (Å²) in [7, 11) is 1.62. The standard InChI is InChI=1S/C24H20Cl2N4O2S/c1-15-10-12-16(13-11-15)30-23(17-6-3-4-9-20(17)32-2)28-29-24(30)33-14-21(31)27-19-8-5-7-18(25)22(19)26/h3-13H,14H2,1-2H3,(H,27,31). The molecule has 0 unspecified atom stereocenters. The first-order valence-corrected chi connectivity index (χ1v) is 11.7. The Morgan fingerprint density at radius 2 is 1.79 bits per heavy atom. The average molecular weight is 499 g/mol. The highest BCUT2D eigenvalue weighted by Gasteiger charge is 2.20. The number of carbonyl (C=O) groups excluding carboxylic acids is 1. The predicted octanol–water partition coefficient (Wildman–Crippen LogP) is 6.29. The van der Waals surface area contributed by atoms with Crippen molar-refractivity contribution in [2.45, 2.75) is 12.1 Å². The van der Waals surface area contributed by atoms with Crippen LogP contribution in [0.3, 0.4) is 0 Å². The molecule has 1 N–H and O–H groups in total. The van der Waals surface area contributed by atoms with Gasteiger partial charge in [-0.3, -0.25) is 9.36 Å². The van der Waals surface area contributed by atoms with Crippen molar-refractivity contribution >= 4 is 46.6 Å². The maximum Gasteiger partial charge on any atom is 0.234 e. The van der Waals surface area contributed by atoms with Gasteiger partial charge in [-0.05, 0) is 43.3 Å². The zero-order valence-electron chi connectivity index (χ0n) is 17.9. The van der Waals surface area contributed by atoms with Crippen LogP contribution in [-0.2, 0) is 4.79 Å². The van der Waals surface area contributed by atoms with Crippen molar-refractivity contribution in [3.8, 4) is 22.8 Å². The van der Waals surface area contributed by atoms with Gasteiger partial charge in [-0.25, -0.2) is 0 Å². The van der Waals surface area contributed by atoms with Crippen molar-refractivity contribution in [1.29, 1.82) is 0 Å². The minimum Gasteiger partial charge on any atom is -0.496 e. The number of aryl methyl sites for hydroxylation is 1. The van der Waals surface area contributed by atoms with Crippen molar-refractivity contribution in [3.05, 3.63) is 82.3 Å². The van der Waals surface area contributed by atoms with E-state index in [1.165, 1.54) is 11.8 Å². The van der Waals surface area contributed by atoms with Gasteiger partial charge in [0.25, 0.3) is 0 Å². The number of hydrogen-bond donors (Lipinski definition) is 1. The number of halogens is 2. The second kappa shape index (κ2) is 10.3. The third-order valence-corrected chi connectivity index (χ3v) is 6.58. The predicted molar refractivity (Wildman–Crippen MR) is 134 cm³/mol. The second-order valence-electron chi connectivity index (χ2n) is 7.12. The van der Waals surface area contributed by atoms with Gasteiger partial charge in [-0.1, -0.05) is 70.9 Å². The summed E-state index contributed by atoms with van der Waals surface area (Å²) in [6.45, 7) is 2.03. The molecule has 1 heterocycles. The first-order chi connectivity index (χ1) is 16.0. The van der Waals surface area contributed by atoms with Gasteiger partial charge >= 0.3 is 0 Å². The minimum absolute atomic E-state index is 0.110. The summed E-state index contributed by atoms with van der Waals surface area (Å²) >= 11 is 13.5. The second-order valence-corrected chi connectivity index (χ2v) is 8.84. The van der Waals surface area contributed by atoms with Crippen LogP contribution in [0.25, 0.3) is 17.1 Å². The molecule has 0 saturated carbocycles. The van der Waals surface area contributed by atoms with E-state index in [4.69, 9.17) is 27.9 Å². The third-order valence-electron chi connectivity index (χ3n) is 4.83. The van der Waals surface area contributed by atoms with Crippen molar-refractivity contribution in [3.63, 3.8) is 0 Å². The molecular weight excluding hydrogens is 479 g/mol. The topological polar surface area (TPSA) is 69.0 Å².